The summed E-state index contributed by atoms with van der Waals surface area (Å²) in [7, 11) is 0. The van der Waals surface area contributed by atoms with Crippen LogP contribution in [-0.2, 0) is 11.3 Å². The molecule has 7 nitrogen and oxygen atoms in total. The second-order valence-corrected chi connectivity index (χ2v) is 4.95. The third-order valence-electron chi connectivity index (χ3n) is 3.31. The van der Waals surface area contributed by atoms with E-state index in [-0.39, 0.29) is 12.1 Å². The summed E-state index contributed by atoms with van der Waals surface area (Å²) in [6, 6.07) is 2.70. The number of halogens is 1. The van der Waals surface area contributed by atoms with Crippen LogP contribution in [0.3, 0.4) is 0 Å². The second-order valence-electron chi connectivity index (χ2n) is 4.95. The van der Waals surface area contributed by atoms with Gasteiger partial charge in [-0.15, -0.1) is 0 Å². The lowest BCUT2D eigenvalue weighted by Gasteiger charge is -2.10. The summed E-state index contributed by atoms with van der Waals surface area (Å²) in [5.74, 6) is -2.39. The van der Waals surface area contributed by atoms with Crippen molar-refractivity contribution in [2.75, 3.05) is 6.54 Å². The van der Waals surface area contributed by atoms with Crippen molar-refractivity contribution in [3.05, 3.63) is 42.1 Å². The van der Waals surface area contributed by atoms with E-state index in [4.69, 9.17) is 10.8 Å². The Morgan fingerprint density at radius 3 is 2.83 bits per heavy atom. The predicted molar refractivity (Wildman–Crippen MR) is 81.2 cm³/mol. The predicted octanol–water partition coefficient (Wildman–Crippen LogP) is 0.851. The zero-order chi connectivity index (χ0) is 17.0. The molecule has 0 saturated carbocycles. The van der Waals surface area contributed by atoms with Crippen molar-refractivity contribution >= 4 is 11.9 Å². The number of aromatic nitrogens is 2. The Morgan fingerprint density at radius 1 is 1.43 bits per heavy atom. The van der Waals surface area contributed by atoms with Crippen LogP contribution in [0.25, 0.3) is 11.3 Å². The van der Waals surface area contributed by atoms with Gasteiger partial charge in [0.15, 0.2) is 0 Å². The molecule has 4 N–H and O–H groups in total. The number of carbonyl (C=O) groups is 2. The van der Waals surface area contributed by atoms with Crippen molar-refractivity contribution in [1.82, 2.24) is 14.9 Å². The van der Waals surface area contributed by atoms with E-state index in [2.05, 4.69) is 10.3 Å². The topological polar surface area (TPSA) is 110 Å². The van der Waals surface area contributed by atoms with E-state index in [1.165, 1.54) is 12.1 Å². The van der Waals surface area contributed by atoms with Gasteiger partial charge in [0.25, 0.3) is 5.91 Å². The van der Waals surface area contributed by atoms with Gasteiger partial charge in [-0.25, -0.2) is 9.37 Å². The molecular formula is C15H17FN4O3. The SMILES string of the molecule is CCn1cncc1-c1cc(F)cc(C(=O)NCC(N)C(=O)O)c1. The number of imidazole rings is 1. The minimum atomic E-state index is -1.22. The molecule has 0 aliphatic rings. The first kappa shape index (κ1) is 16.6. The molecule has 0 spiro atoms. The van der Waals surface area contributed by atoms with Crippen LogP contribution in [0, 0.1) is 5.82 Å². The summed E-state index contributed by atoms with van der Waals surface area (Å²) in [6.45, 7) is 2.33. The largest absolute Gasteiger partial charge is 0.480 e. The maximum absolute atomic E-state index is 13.8. The van der Waals surface area contributed by atoms with Gasteiger partial charge in [-0.05, 0) is 25.1 Å². The molecule has 0 saturated heterocycles. The van der Waals surface area contributed by atoms with Crippen LogP contribution in [-0.4, -0.2) is 39.1 Å². The van der Waals surface area contributed by atoms with Crippen LogP contribution in [0.1, 0.15) is 17.3 Å². The Labute approximate surface area is 131 Å². The van der Waals surface area contributed by atoms with Crippen molar-refractivity contribution < 1.29 is 19.1 Å². The first-order chi connectivity index (χ1) is 10.9. The summed E-state index contributed by atoms with van der Waals surface area (Å²) in [4.78, 5) is 26.7. The number of aliphatic carboxylic acids is 1. The molecule has 1 unspecified atom stereocenters. The van der Waals surface area contributed by atoms with E-state index in [0.29, 0.717) is 17.8 Å². The molecule has 1 heterocycles. The summed E-state index contributed by atoms with van der Waals surface area (Å²) in [5, 5.41) is 11.1. The lowest BCUT2D eigenvalue weighted by molar-refractivity contribution is -0.138. The van der Waals surface area contributed by atoms with Crippen molar-refractivity contribution in [1.29, 1.82) is 0 Å². The van der Waals surface area contributed by atoms with Crippen LogP contribution >= 0.6 is 0 Å². The number of carboxylic acids is 1. The van der Waals surface area contributed by atoms with E-state index in [0.717, 1.165) is 6.07 Å². The Balaban J connectivity index is 2.23. The van der Waals surface area contributed by atoms with Gasteiger partial charge in [-0.1, -0.05) is 0 Å². The van der Waals surface area contributed by atoms with E-state index < -0.39 is 23.7 Å². The Bertz CT molecular complexity index is 729. The fraction of sp³-hybridized carbons (Fsp3) is 0.267. The maximum atomic E-state index is 13.8. The van der Waals surface area contributed by atoms with Crippen molar-refractivity contribution in [2.24, 2.45) is 5.73 Å². The number of benzene rings is 1. The highest BCUT2D eigenvalue weighted by Gasteiger charge is 2.15. The number of nitrogens with two attached hydrogens (primary N) is 1. The van der Waals surface area contributed by atoms with Crippen molar-refractivity contribution in [3.8, 4) is 11.3 Å². The number of carboxylic acid groups (broad SMARTS) is 1. The van der Waals surface area contributed by atoms with E-state index in [1.807, 2.05) is 11.5 Å². The number of carbonyl (C=O) groups excluding carboxylic acids is 1. The van der Waals surface area contributed by atoms with Gasteiger partial charge < -0.3 is 20.7 Å². The van der Waals surface area contributed by atoms with E-state index in [9.17, 15) is 14.0 Å². The fourth-order valence-electron chi connectivity index (χ4n) is 2.07. The van der Waals surface area contributed by atoms with Crippen LogP contribution in [0.2, 0.25) is 0 Å². The number of hydrogen-bond donors (Lipinski definition) is 3. The molecule has 1 amide bonds. The molecule has 0 bridgehead atoms. The van der Waals surface area contributed by atoms with Gasteiger partial charge in [-0.2, -0.15) is 0 Å². The summed E-state index contributed by atoms with van der Waals surface area (Å²) >= 11 is 0. The van der Waals surface area contributed by atoms with Crippen LogP contribution in [0.5, 0.6) is 0 Å². The molecule has 2 rings (SSSR count). The quantitative estimate of drug-likeness (QED) is 0.731. The van der Waals surface area contributed by atoms with Gasteiger partial charge in [-0.3, -0.25) is 9.59 Å². The third kappa shape index (κ3) is 3.92. The molecule has 0 aliphatic heterocycles. The van der Waals surface area contributed by atoms with Crippen molar-refractivity contribution in [3.63, 3.8) is 0 Å². The molecule has 1 atom stereocenters. The molecule has 1 aromatic heterocycles. The molecule has 122 valence electrons. The number of amides is 1. The first-order valence-electron chi connectivity index (χ1n) is 7.00. The monoisotopic (exact) mass is 320 g/mol. The molecule has 1 aromatic carbocycles. The smallest absolute Gasteiger partial charge is 0.322 e. The highest BCUT2D eigenvalue weighted by atomic mass is 19.1. The van der Waals surface area contributed by atoms with Crippen LogP contribution < -0.4 is 11.1 Å². The zero-order valence-electron chi connectivity index (χ0n) is 12.5. The van der Waals surface area contributed by atoms with Crippen LogP contribution in [0.4, 0.5) is 4.39 Å². The van der Waals surface area contributed by atoms with E-state index >= 15 is 0 Å². The first-order valence-corrected chi connectivity index (χ1v) is 7.00. The molecule has 0 fully saturated rings. The minimum absolute atomic E-state index is 0.0847. The summed E-state index contributed by atoms with van der Waals surface area (Å²) < 4.78 is 15.6. The van der Waals surface area contributed by atoms with Gasteiger partial charge in [0.2, 0.25) is 0 Å². The molecule has 8 heteroatoms. The third-order valence-corrected chi connectivity index (χ3v) is 3.31. The minimum Gasteiger partial charge on any atom is -0.480 e. The molecule has 0 radical (unpaired) electrons. The number of aryl methyl sites for hydroxylation is 1. The van der Waals surface area contributed by atoms with Gasteiger partial charge in [0.1, 0.15) is 11.9 Å². The Morgan fingerprint density at radius 2 is 2.17 bits per heavy atom. The summed E-state index contributed by atoms with van der Waals surface area (Å²) in [6.07, 6.45) is 3.20. The lowest BCUT2D eigenvalue weighted by atomic mass is 10.1. The maximum Gasteiger partial charge on any atom is 0.322 e. The van der Waals surface area contributed by atoms with Crippen LogP contribution in [0.15, 0.2) is 30.7 Å². The molecule has 0 aliphatic carbocycles. The number of rotatable bonds is 6. The van der Waals surface area contributed by atoms with Gasteiger partial charge in [0.05, 0.1) is 18.2 Å². The fourth-order valence-corrected chi connectivity index (χ4v) is 2.07. The van der Waals surface area contributed by atoms with Gasteiger partial charge >= 0.3 is 5.97 Å². The summed E-state index contributed by atoms with van der Waals surface area (Å²) in [5.41, 5.74) is 6.60. The standard InChI is InChI=1S/C15H17FN4O3/c1-2-20-8-18-7-13(20)9-3-10(5-11(16)4-9)14(21)19-6-12(17)15(22)23/h3-5,7-8,12H,2,6,17H2,1H3,(H,19,21)(H,22,23). The average molecular weight is 320 g/mol. The lowest BCUT2D eigenvalue weighted by Crippen LogP contribution is -2.42. The van der Waals surface area contributed by atoms with Crippen molar-refractivity contribution in [2.45, 2.75) is 19.5 Å². The molecule has 2 aromatic rings. The second kappa shape index (κ2) is 7.01. The highest BCUT2D eigenvalue weighted by molar-refractivity contribution is 5.95. The normalized spacial score (nSPS) is 12.0. The molecular weight excluding hydrogens is 303 g/mol. The Hall–Kier alpha value is -2.74. The van der Waals surface area contributed by atoms with Gasteiger partial charge in [0, 0.05) is 24.2 Å². The number of nitrogens with one attached hydrogen (secondary N) is 1. The molecule has 23 heavy (non-hydrogen) atoms. The highest BCUT2D eigenvalue weighted by Crippen LogP contribution is 2.22. The number of nitrogens with zero attached hydrogens (tertiary/aromatic N) is 2. The average Bonchev–Trinajstić information content (AvgIpc) is 3.00. The Kier molecular flexibility index (Phi) is 5.07. The zero-order valence-corrected chi connectivity index (χ0v) is 12.5. The number of hydrogen-bond acceptors (Lipinski definition) is 4. The van der Waals surface area contributed by atoms with E-state index in [1.54, 1.807) is 12.5 Å².